The van der Waals surface area contributed by atoms with Gasteiger partial charge in [0.15, 0.2) is 0 Å². The SMILES string of the molecule is COC(=O)c1nc(-c2cc(F)cc(Br)c2)oc1C(=O)OC. The molecule has 1 aromatic heterocycles. The third-order valence-electron chi connectivity index (χ3n) is 2.49. The van der Waals surface area contributed by atoms with E-state index >= 15 is 0 Å². The number of carbonyl (C=O) groups excluding carboxylic acids is 2. The highest BCUT2D eigenvalue weighted by Crippen LogP contribution is 2.26. The number of nitrogens with zero attached hydrogens (tertiary/aromatic N) is 1. The van der Waals surface area contributed by atoms with Crippen LogP contribution in [0.2, 0.25) is 0 Å². The van der Waals surface area contributed by atoms with Gasteiger partial charge in [-0.3, -0.25) is 0 Å². The molecule has 0 aliphatic rings. The molecular weight excluding hydrogens is 349 g/mol. The molecule has 0 spiro atoms. The first-order valence-corrected chi connectivity index (χ1v) is 6.39. The van der Waals surface area contributed by atoms with Crippen LogP contribution < -0.4 is 0 Å². The lowest BCUT2D eigenvalue weighted by Crippen LogP contribution is -2.10. The second kappa shape index (κ2) is 6.04. The Morgan fingerprint density at radius 3 is 2.43 bits per heavy atom. The molecule has 0 N–H and O–H groups in total. The Morgan fingerprint density at radius 2 is 1.86 bits per heavy atom. The maximum atomic E-state index is 13.4. The number of esters is 2. The van der Waals surface area contributed by atoms with Crippen LogP contribution in [0.3, 0.4) is 0 Å². The van der Waals surface area contributed by atoms with Crippen molar-refractivity contribution in [2.75, 3.05) is 14.2 Å². The molecule has 0 saturated heterocycles. The molecule has 0 radical (unpaired) electrons. The summed E-state index contributed by atoms with van der Waals surface area (Å²) in [6.45, 7) is 0. The molecular formula is C13H9BrFNO5. The van der Waals surface area contributed by atoms with Crippen LogP contribution in [0.15, 0.2) is 27.1 Å². The van der Waals surface area contributed by atoms with Crippen LogP contribution in [0.25, 0.3) is 11.5 Å². The molecule has 1 heterocycles. The molecule has 1 aromatic carbocycles. The molecule has 2 aromatic rings. The largest absolute Gasteiger partial charge is 0.464 e. The van der Waals surface area contributed by atoms with E-state index in [1.807, 2.05) is 0 Å². The van der Waals surface area contributed by atoms with Gasteiger partial charge in [0.2, 0.25) is 17.3 Å². The van der Waals surface area contributed by atoms with Crippen LogP contribution in [0.4, 0.5) is 4.39 Å². The average molecular weight is 358 g/mol. The molecule has 6 nitrogen and oxygen atoms in total. The van der Waals surface area contributed by atoms with E-state index in [1.165, 1.54) is 12.1 Å². The van der Waals surface area contributed by atoms with Gasteiger partial charge in [0.05, 0.1) is 14.2 Å². The van der Waals surface area contributed by atoms with Crippen LogP contribution in [0.1, 0.15) is 21.0 Å². The van der Waals surface area contributed by atoms with E-state index < -0.39 is 23.5 Å². The highest BCUT2D eigenvalue weighted by Gasteiger charge is 2.27. The topological polar surface area (TPSA) is 78.6 Å². The van der Waals surface area contributed by atoms with Gasteiger partial charge in [-0.2, -0.15) is 0 Å². The molecule has 0 saturated carbocycles. The maximum absolute atomic E-state index is 13.4. The van der Waals surface area contributed by atoms with E-state index in [2.05, 4.69) is 30.4 Å². The van der Waals surface area contributed by atoms with Gasteiger partial charge < -0.3 is 13.9 Å². The molecule has 0 fully saturated rings. The Bertz CT molecular complexity index is 659. The lowest BCUT2D eigenvalue weighted by Gasteiger charge is -1.97. The monoisotopic (exact) mass is 357 g/mol. The molecule has 0 amide bonds. The third-order valence-corrected chi connectivity index (χ3v) is 2.94. The number of hydrogen-bond acceptors (Lipinski definition) is 6. The Morgan fingerprint density at radius 1 is 1.19 bits per heavy atom. The zero-order valence-corrected chi connectivity index (χ0v) is 12.6. The van der Waals surface area contributed by atoms with E-state index in [0.717, 1.165) is 20.3 Å². The first-order valence-electron chi connectivity index (χ1n) is 5.60. The van der Waals surface area contributed by atoms with E-state index in [9.17, 15) is 14.0 Å². The fraction of sp³-hybridized carbons (Fsp3) is 0.154. The number of benzene rings is 1. The van der Waals surface area contributed by atoms with Gasteiger partial charge in [-0.25, -0.2) is 19.0 Å². The Hall–Kier alpha value is -2.22. The number of halogens is 2. The summed E-state index contributed by atoms with van der Waals surface area (Å²) in [6.07, 6.45) is 0. The minimum absolute atomic E-state index is 0.101. The Kier molecular flexibility index (Phi) is 4.37. The number of ether oxygens (including phenoxy) is 2. The van der Waals surface area contributed by atoms with Crippen molar-refractivity contribution in [3.05, 3.63) is 39.9 Å². The van der Waals surface area contributed by atoms with Gasteiger partial charge in [-0.1, -0.05) is 15.9 Å². The minimum Gasteiger partial charge on any atom is -0.464 e. The van der Waals surface area contributed by atoms with Crippen molar-refractivity contribution < 1.29 is 27.9 Å². The van der Waals surface area contributed by atoms with Gasteiger partial charge in [0.1, 0.15) is 5.82 Å². The van der Waals surface area contributed by atoms with Crippen LogP contribution >= 0.6 is 15.9 Å². The van der Waals surface area contributed by atoms with Crippen molar-refractivity contribution in [1.82, 2.24) is 4.98 Å². The zero-order chi connectivity index (χ0) is 15.6. The summed E-state index contributed by atoms with van der Waals surface area (Å²) in [4.78, 5) is 27.1. The predicted octanol–water partition coefficient (Wildman–Crippen LogP) is 2.82. The quantitative estimate of drug-likeness (QED) is 0.786. The summed E-state index contributed by atoms with van der Waals surface area (Å²) >= 11 is 3.13. The molecule has 0 unspecified atom stereocenters. The summed E-state index contributed by atoms with van der Waals surface area (Å²) in [5, 5.41) is 0. The fourth-order valence-electron chi connectivity index (χ4n) is 1.59. The van der Waals surface area contributed by atoms with Crippen LogP contribution in [0, 0.1) is 5.82 Å². The predicted molar refractivity (Wildman–Crippen MR) is 72.3 cm³/mol. The number of aromatic nitrogens is 1. The van der Waals surface area contributed by atoms with E-state index in [0.29, 0.717) is 4.47 Å². The number of hydrogen-bond donors (Lipinski definition) is 0. The first kappa shape index (κ1) is 15.2. The smallest absolute Gasteiger partial charge is 0.376 e. The Labute approximate surface area is 127 Å². The van der Waals surface area contributed by atoms with Crippen molar-refractivity contribution >= 4 is 27.9 Å². The van der Waals surface area contributed by atoms with Crippen LogP contribution in [0.5, 0.6) is 0 Å². The van der Waals surface area contributed by atoms with Crippen molar-refractivity contribution in [3.63, 3.8) is 0 Å². The number of rotatable bonds is 3. The zero-order valence-electron chi connectivity index (χ0n) is 11.0. The van der Waals surface area contributed by atoms with Crippen molar-refractivity contribution in [1.29, 1.82) is 0 Å². The normalized spacial score (nSPS) is 10.3. The highest BCUT2D eigenvalue weighted by atomic mass is 79.9. The van der Waals surface area contributed by atoms with Crippen LogP contribution in [-0.4, -0.2) is 31.1 Å². The van der Waals surface area contributed by atoms with Crippen LogP contribution in [-0.2, 0) is 9.47 Å². The standard InChI is InChI=1S/C13H9BrFNO5/c1-19-12(17)9-10(13(18)20-2)21-11(16-9)6-3-7(14)5-8(15)4-6/h3-5H,1-2H3. The minimum atomic E-state index is -0.885. The summed E-state index contributed by atoms with van der Waals surface area (Å²) < 4.78 is 28.1. The van der Waals surface area contributed by atoms with Gasteiger partial charge >= 0.3 is 11.9 Å². The molecule has 2 rings (SSSR count). The molecule has 0 atom stereocenters. The molecule has 110 valence electrons. The van der Waals surface area contributed by atoms with Crippen molar-refractivity contribution in [3.8, 4) is 11.5 Å². The Balaban J connectivity index is 2.57. The average Bonchev–Trinajstić information content (AvgIpc) is 2.89. The molecule has 21 heavy (non-hydrogen) atoms. The van der Waals surface area contributed by atoms with Gasteiger partial charge in [-0.05, 0) is 18.2 Å². The van der Waals surface area contributed by atoms with Crippen molar-refractivity contribution in [2.24, 2.45) is 0 Å². The molecule has 8 heteroatoms. The maximum Gasteiger partial charge on any atom is 0.376 e. The lowest BCUT2D eigenvalue weighted by molar-refractivity contribution is 0.0527. The molecule has 0 bridgehead atoms. The number of oxazole rings is 1. The second-order valence-electron chi connectivity index (χ2n) is 3.84. The summed E-state index contributed by atoms with van der Waals surface area (Å²) in [7, 11) is 2.26. The van der Waals surface area contributed by atoms with Gasteiger partial charge in [0, 0.05) is 10.0 Å². The molecule has 0 aliphatic carbocycles. The highest BCUT2D eigenvalue weighted by molar-refractivity contribution is 9.10. The molecule has 0 aliphatic heterocycles. The van der Waals surface area contributed by atoms with Crippen molar-refractivity contribution in [2.45, 2.75) is 0 Å². The summed E-state index contributed by atoms with van der Waals surface area (Å²) in [6, 6.07) is 3.92. The number of carbonyl (C=O) groups is 2. The number of methoxy groups -OCH3 is 2. The van der Waals surface area contributed by atoms with E-state index in [4.69, 9.17) is 4.42 Å². The third kappa shape index (κ3) is 3.10. The van der Waals surface area contributed by atoms with Gasteiger partial charge in [0.25, 0.3) is 0 Å². The summed E-state index contributed by atoms with van der Waals surface area (Å²) in [5.74, 6) is -2.78. The lowest BCUT2D eigenvalue weighted by atomic mass is 10.2. The first-order chi connectivity index (χ1) is 9.96. The summed E-state index contributed by atoms with van der Waals surface area (Å²) in [5.41, 5.74) is -0.0816. The second-order valence-corrected chi connectivity index (χ2v) is 4.75. The van der Waals surface area contributed by atoms with E-state index in [1.54, 1.807) is 0 Å². The fourth-order valence-corrected chi connectivity index (χ4v) is 2.05. The van der Waals surface area contributed by atoms with E-state index in [-0.39, 0.29) is 17.1 Å². The van der Waals surface area contributed by atoms with Gasteiger partial charge in [-0.15, -0.1) is 0 Å².